The Bertz CT molecular complexity index is 470. The summed E-state index contributed by atoms with van der Waals surface area (Å²) in [6.07, 6.45) is 3.61. The molecule has 19 heavy (non-hydrogen) atoms. The molecule has 1 aromatic heterocycles. The summed E-state index contributed by atoms with van der Waals surface area (Å²) in [4.78, 5) is 15.9. The Labute approximate surface area is 114 Å². The van der Waals surface area contributed by atoms with Gasteiger partial charge >= 0.3 is 0 Å². The minimum atomic E-state index is -0.969. The molecular formula is C11H18N4O3S. The van der Waals surface area contributed by atoms with Crippen LogP contribution in [0.3, 0.4) is 0 Å². The first kappa shape index (κ1) is 14.1. The maximum Gasteiger partial charge on any atom is 0.292 e. The van der Waals surface area contributed by atoms with E-state index in [-0.39, 0.29) is 17.1 Å². The van der Waals surface area contributed by atoms with E-state index >= 15 is 0 Å². The summed E-state index contributed by atoms with van der Waals surface area (Å²) in [7, 11) is -0.969. The monoisotopic (exact) mass is 286 g/mol. The van der Waals surface area contributed by atoms with E-state index in [4.69, 9.17) is 4.52 Å². The Hall–Kier alpha value is -1.28. The number of carbonyl (C=O) groups is 1. The van der Waals surface area contributed by atoms with Crippen molar-refractivity contribution in [1.82, 2.24) is 20.8 Å². The molecule has 0 spiro atoms. The molecule has 8 heteroatoms. The molecule has 2 rings (SSSR count). The van der Waals surface area contributed by atoms with E-state index in [2.05, 4.69) is 20.8 Å². The highest BCUT2D eigenvalue weighted by atomic mass is 32.2. The van der Waals surface area contributed by atoms with Crippen LogP contribution in [0, 0.1) is 0 Å². The van der Waals surface area contributed by atoms with E-state index in [1.54, 1.807) is 13.2 Å². The lowest BCUT2D eigenvalue weighted by molar-refractivity contribution is 0.0940. The normalized spacial score (nSPS) is 22.1. The van der Waals surface area contributed by atoms with Crippen molar-refractivity contribution in [3.8, 4) is 0 Å². The molecule has 0 radical (unpaired) electrons. The third-order valence-corrected chi connectivity index (χ3v) is 4.42. The Morgan fingerprint density at radius 2 is 2.47 bits per heavy atom. The summed E-state index contributed by atoms with van der Waals surface area (Å²) >= 11 is 0. The smallest absolute Gasteiger partial charge is 0.292 e. The molecule has 3 atom stereocenters. The molecule has 0 aliphatic carbocycles. The summed E-state index contributed by atoms with van der Waals surface area (Å²) in [6, 6.07) is 0.0520. The van der Waals surface area contributed by atoms with Gasteiger partial charge in [-0.15, -0.1) is 0 Å². The van der Waals surface area contributed by atoms with Gasteiger partial charge in [-0.25, -0.2) is 0 Å². The summed E-state index contributed by atoms with van der Waals surface area (Å²) < 4.78 is 16.3. The Morgan fingerprint density at radius 3 is 3.11 bits per heavy atom. The lowest BCUT2D eigenvalue weighted by Gasteiger charge is -2.07. The fourth-order valence-electron chi connectivity index (χ4n) is 1.80. The zero-order valence-electron chi connectivity index (χ0n) is 11.0. The van der Waals surface area contributed by atoms with Gasteiger partial charge in [-0.05, 0) is 26.3 Å². The molecule has 7 nitrogen and oxygen atoms in total. The van der Waals surface area contributed by atoms with Gasteiger partial charge in [-0.1, -0.05) is 5.16 Å². The topological polar surface area (TPSA) is 97.1 Å². The predicted molar refractivity (Wildman–Crippen MR) is 70.1 cm³/mol. The van der Waals surface area contributed by atoms with Gasteiger partial charge in [0.25, 0.3) is 11.7 Å². The highest BCUT2D eigenvalue weighted by Gasteiger charge is 2.24. The number of rotatable bonds is 5. The van der Waals surface area contributed by atoms with E-state index in [0.29, 0.717) is 12.4 Å². The van der Waals surface area contributed by atoms with Crippen molar-refractivity contribution in [2.24, 2.45) is 0 Å². The lowest BCUT2D eigenvalue weighted by Crippen LogP contribution is -2.33. The first-order valence-corrected chi connectivity index (χ1v) is 7.87. The molecule has 3 unspecified atom stereocenters. The number of hydrogen-bond acceptors (Lipinski definition) is 6. The standard InChI is InChI=1S/C11H18N4O3S/c1-7(19(2)17)6-13-10(16)9-14-11(18-15-9)8-4-3-5-12-8/h7-8,12H,3-6H2,1-2H3,(H,13,16). The molecule has 0 aromatic carbocycles. The van der Waals surface area contributed by atoms with Crippen LogP contribution in [0.5, 0.6) is 0 Å². The van der Waals surface area contributed by atoms with E-state index in [1.165, 1.54) is 0 Å². The number of amides is 1. The maximum atomic E-state index is 11.8. The maximum absolute atomic E-state index is 11.8. The van der Waals surface area contributed by atoms with Gasteiger partial charge in [0.1, 0.15) is 0 Å². The van der Waals surface area contributed by atoms with Crippen LogP contribution in [0.4, 0.5) is 0 Å². The molecule has 106 valence electrons. The number of carbonyl (C=O) groups excluding carboxylic acids is 1. The average molecular weight is 286 g/mol. The van der Waals surface area contributed by atoms with Crippen LogP contribution in [0.2, 0.25) is 0 Å². The van der Waals surface area contributed by atoms with E-state index in [1.807, 2.05) is 0 Å². The molecular weight excluding hydrogens is 268 g/mol. The van der Waals surface area contributed by atoms with Crippen molar-refractivity contribution < 1.29 is 13.5 Å². The van der Waals surface area contributed by atoms with Gasteiger partial charge in [0.2, 0.25) is 5.89 Å². The number of aromatic nitrogens is 2. The first-order valence-electron chi connectivity index (χ1n) is 6.25. The number of nitrogens with zero attached hydrogens (tertiary/aromatic N) is 2. The Morgan fingerprint density at radius 1 is 1.68 bits per heavy atom. The van der Waals surface area contributed by atoms with Gasteiger partial charge in [-0.3, -0.25) is 9.00 Å². The second kappa shape index (κ2) is 6.25. The molecule has 1 saturated heterocycles. The second-order valence-corrected chi connectivity index (χ2v) is 6.43. The van der Waals surface area contributed by atoms with E-state index in [9.17, 15) is 9.00 Å². The zero-order valence-corrected chi connectivity index (χ0v) is 11.8. The van der Waals surface area contributed by atoms with E-state index in [0.717, 1.165) is 19.4 Å². The van der Waals surface area contributed by atoms with Crippen LogP contribution in [0.15, 0.2) is 4.52 Å². The average Bonchev–Trinajstić information content (AvgIpc) is 3.04. The van der Waals surface area contributed by atoms with Crippen LogP contribution in [-0.4, -0.2) is 44.9 Å². The molecule has 1 aliphatic rings. The first-order chi connectivity index (χ1) is 9.08. The van der Waals surface area contributed by atoms with Gasteiger partial charge in [0, 0.05) is 28.9 Å². The highest BCUT2D eigenvalue weighted by Crippen LogP contribution is 2.20. The van der Waals surface area contributed by atoms with Gasteiger partial charge < -0.3 is 15.2 Å². The molecule has 1 fully saturated rings. The Balaban J connectivity index is 1.90. The molecule has 2 N–H and O–H groups in total. The van der Waals surface area contributed by atoms with Crippen molar-refractivity contribution in [2.45, 2.75) is 31.1 Å². The van der Waals surface area contributed by atoms with Crippen molar-refractivity contribution in [2.75, 3.05) is 19.3 Å². The Kier molecular flexibility index (Phi) is 4.65. The second-order valence-electron chi connectivity index (χ2n) is 4.62. The van der Waals surface area contributed by atoms with Crippen LogP contribution in [0.1, 0.15) is 42.3 Å². The largest absolute Gasteiger partial charge is 0.348 e. The van der Waals surface area contributed by atoms with Crippen molar-refractivity contribution in [3.63, 3.8) is 0 Å². The van der Waals surface area contributed by atoms with Gasteiger partial charge in [-0.2, -0.15) is 4.98 Å². The van der Waals surface area contributed by atoms with Crippen LogP contribution < -0.4 is 10.6 Å². The summed E-state index contributed by atoms with van der Waals surface area (Å²) in [5.74, 6) is 0.0813. The predicted octanol–water partition coefficient (Wildman–Crippen LogP) is -0.00910. The fourth-order valence-corrected chi connectivity index (χ4v) is 2.12. The van der Waals surface area contributed by atoms with Crippen molar-refractivity contribution >= 4 is 16.7 Å². The van der Waals surface area contributed by atoms with Crippen LogP contribution >= 0.6 is 0 Å². The molecule has 0 bridgehead atoms. The molecule has 0 saturated carbocycles. The van der Waals surface area contributed by atoms with Crippen molar-refractivity contribution in [3.05, 3.63) is 11.7 Å². The number of hydrogen-bond donors (Lipinski definition) is 2. The summed E-state index contributed by atoms with van der Waals surface area (Å²) in [5.41, 5.74) is 0. The van der Waals surface area contributed by atoms with Crippen LogP contribution in [0.25, 0.3) is 0 Å². The summed E-state index contributed by atoms with van der Waals surface area (Å²) in [6.45, 7) is 3.06. The minimum Gasteiger partial charge on any atom is -0.348 e. The SMILES string of the molecule is CC(CNC(=O)c1noc(C2CCCN2)n1)S(C)=O. The minimum absolute atomic E-state index is 0.0257. The van der Waals surface area contributed by atoms with Gasteiger partial charge in [0.15, 0.2) is 0 Å². The molecule has 1 amide bonds. The highest BCUT2D eigenvalue weighted by molar-refractivity contribution is 7.84. The zero-order chi connectivity index (χ0) is 13.8. The van der Waals surface area contributed by atoms with Crippen LogP contribution in [-0.2, 0) is 10.8 Å². The third kappa shape index (κ3) is 3.60. The lowest BCUT2D eigenvalue weighted by atomic mass is 10.2. The van der Waals surface area contributed by atoms with Gasteiger partial charge in [0.05, 0.1) is 6.04 Å². The fraction of sp³-hybridized carbons (Fsp3) is 0.727. The molecule has 1 aliphatic heterocycles. The molecule has 2 heterocycles. The quantitative estimate of drug-likeness (QED) is 0.790. The summed E-state index contributed by atoms with van der Waals surface area (Å²) in [5, 5.41) is 9.43. The number of nitrogens with one attached hydrogen (secondary N) is 2. The van der Waals surface area contributed by atoms with E-state index < -0.39 is 16.7 Å². The third-order valence-electron chi connectivity index (χ3n) is 3.12. The van der Waals surface area contributed by atoms with Crippen molar-refractivity contribution in [1.29, 1.82) is 0 Å². The molecule has 1 aromatic rings.